The Balaban J connectivity index is 2.56. The van der Waals surface area contributed by atoms with Crippen molar-refractivity contribution >= 4 is 23.2 Å². The molecule has 0 fully saturated rings. The van der Waals surface area contributed by atoms with Gasteiger partial charge in [-0.1, -0.05) is 35.3 Å². The number of halogens is 2. The van der Waals surface area contributed by atoms with Crippen molar-refractivity contribution in [3.05, 3.63) is 40.1 Å². The van der Waals surface area contributed by atoms with E-state index in [1.54, 1.807) is 0 Å². The summed E-state index contributed by atoms with van der Waals surface area (Å²) in [5.41, 5.74) is 7.35. The molecule has 2 aromatic rings. The molecule has 2 rings (SSSR count). The second-order valence-electron chi connectivity index (χ2n) is 3.45. The lowest BCUT2D eigenvalue weighted by atomic mass is 10.2. The summed E-state index contributed by atoms with van der Waals surface area (Å²) < 4.78 is 1.88. The highest BCUT2D eigenvalue weighted by Gasteiger charge is 2.13. The van der Waals surface area contributed by atoms with Crippen molar-refractivity contribution in [2.75, 3.05) is 0 Å². The number of nitrogens with two attached hydrogens (primary N) is 1. The summed E-state index contributed by atoms with van der Waals surface area (Å²) in [7, 11) is 1.89. The first kappa shape index (κ1) is 11.5. The van der Waals surface area contributed by atoms with E-state index >= 15 is 0 Å². The summed E-state index contributed by atoms with van der Waals surface area (Å²) in [5.74, 6) is 0.771. The number of imidazole rings is 1. The van der Waals surface area contributed by atoms with Gasteiger partial charge in [-0.3, -0.25) is 0 Å². The van der Waals surface area contributed by atoms with Crippen LogP contribution in [-0.2, 0) is 13.6 Å². The maximum atomic E-state index is 6.00. The minimum atomic E-state index is 0.364. The lowest BCUT2D eigenvalue weighted by Crippen LogP contribution is -2.04. The Morgan fingerprint density at radius 2 is 2.12 bits per heavy atom. The molecule has 0 aliphatic heterocycles. The van der Waals surface area contributed by atoms with Gasteiger partial charge in [0.15, 0.2) is 5.15 Å². The van der Waals surface area contributed by atoms with Crippen LogP contribution in [0.5, 0.6) is 0 Å². The molecule has 5 heteroatoms. The molecule has 16 heavy (non-hydrogen) atoms. The third-order valence-corrected chi connectivity index (χ3v) is 2.98. The number of nitrogens with zero attached hydrogens (tertiary/aromatic N) is 2. The fourth-order valence-corrected chi connectivity index (χ4v) is 2.08. The normalized spacial score (nSPS) is 10.8. The zero-order chi connectivity index (χ0) is 11.7. The van der Waals surface area contributed by atoms with Crippen LogP contribution < -0.4 is 5.73 Å². The minimum absolute atomic E-state index is 0.364. The average Bonchev–Trinajstić information content (AvgIpc) is 2.54. The largest absolute Gasteiger partial charge is 0.329 e. The lowest BCUT2D eigenvalue weighted by Gasteiger charge is -2.04. The minimum Gasteiger partial charge on any atom is -0.329 e. The predicted octanol–water partition coefficient (Wildman–Crippen LogP) is 2.85. The Hall–Kier alpha value is -1.03. The van der Waals surface area contributed by atoms with E-state index in [1.165, 1.54) is 0 Å². The van der Waals surface area contributed by atoms with E-state index in [-0.39, 0.29) is 0 Å². The van der Waals surface area contributed by atoms with Crippen molar-refractivity contribution in [1.82, 2.24) is 9.55 Å². The molecule has 0 aliphatic carbocycles. The Bertz CT molecular complexity index is 520. The molecule has 1 heterocycles. The number of hydrogen-bond acceptors (Lipinski definition) is 2. The van der Waals surface area contributed by atoms with Crippen molar-refractivity contribution in [3.8, 4) is 11.4 Å². The lowest BCUT2D eigenvalue weighted by molar-refractivity contribution is 0.828. The Morgan fingerprint density at radius 1 is 1.38 bits per heavy atom. The molecule has 0 amide bonds. The zero-order valence-electron chi connectivity index (χ0n) is 8.74. The zero-order valence-corrected chi connectivity index (χ0v) is 10.3. The topological polar surface area (TPSA) is 43.8 Å². The third kappa shape index (κ3) is 1.94. The fourth-order valence-electron chi connectivity index (χ4n) is 1.61. The second-order valence-corrected chi connectivity index (χ2v) is 4.24. The van der Waals surface area contributed by atoms with Gasteiger partial charge in [0.1, 0.15) is 5.82 Å². The molecule has 0 bridgehead atoms. The van der Waals surface area contributed by atoms with Crippen molar-refractivity contribution in [3.63, 3.8) is 0 Å². The quantitative estimate of drug-likeness (QED) is 0.897. The molecular weight excluding hydrogens is 245 g/mol. The number of rotatable bonds is 2. The number of hydrogen-bond donors (Lipinski definition) is 1. The molecule has 0 unspecified atom stereocenters. The highest BCUT2D eigenvalue weighted by Crippen LogP contribution is 2.25. The van der Waals surface area contributed by atoms with Gasteiger partial charge in [0.2, 0.25) is 0 Å². The first-order valence-electron chi connectivity index (χ1n) is 4.80. The molecule has 2 N–H and O–H groups in total. The van der Waals surface area contributed by atoms with Crippen molar-refractivity contribution in [2.24, 2.45) is 12.8 Å². The van der Waals surface area contributed by atoms with Crippen LogP contribution in [0.15, 0.2) is 24.3 Å². The molecule has 1 aromatic carbocycles. The average molecular weight is 256 g/mol. The van der Waals surface area contributed by atoms with Gasteiger partial charge in [-0.2, -0.15) is 0 Å². The summed E-state index contributed by atoms with van der Waals surface area (Å²) in [6.45, 7) is 0.364. The van der Waals surface area contributed by atoms with Crippen molar-refractivity contribution < 1.29 is 0 Å². The van der Waals surface area contributed by atoms with Crippen LogP contribution in [0.25, 0.3) is 11.4 Å². The molecule has 0 saturated carbocycles. The van der Waals surface area contributed by atoms with Crippen LogP contribution in [0.3, 0.4) is 0 Å². The number of benzene rings is 1. The van der Waals surface area contributed by atoms with Gasteiger partial charge in [-0.25, -0.2) is 4.98 Å². The van der Waals surface area contributed by atoms with Crippen molar-refractivity contribution in [2.45, 2.75) is 6.54 Å². The van der Waals surface area contributed by atoms with E-state index in [4.69, 9.17) is 28.9 Å². The summed E-state index contributed by atoms with van der Waals surface area (Å²) in [5, 5.41) is 1.12. The summed E-state index contributed by atoms with van der Waals surface area (Å²) in [6.07, 6.45) is 0. The molecule has 1 aromatic heterocycles. The van der Waals surface area contributed by atoms with Gasteiger partial charge >= 0.3 is 0 Å². The first-order chi connectivity index (χ1) is 7.63. The monoisotopic (exact) mass is 255 g/mol. The van der Waals surface area contributed by atoms with Crippen LogP contribution in [-0.4, -0.2) is 9.55 Å². The molecule has 3 nitrogen and oxygen atoms in total. The van der Waals surface area contributed by atoms with Crippen LogP contribution in [0.1, 0.15) is 5.69 Å². The van der Waals surface area contributed by atoms with Gasteiger partial charge in [0, 0.05) is 24.2 Å². The highest BCUT2D eigenvalue weighted by atomic mass is 35.5. The molecule has 0 spiro atoms. The van der Waals surface area contributed by atoms with E-state index in [0.717, 1.165) is 17.1 Å². The van der Waals surface area contributed by atoms with Crippen molar-refractivity contribution in [1.29, 1.82) is 0 Å². The third-order valence-electron chi connectivity index (χ3n) is 2.44. The van der Waals surface area contributed by atoms with E-state index in [1.807, 2.05) is 35.9 Å². The van der Waals surface area contributed by atoms with E-state index in [0.29, 0.717) is 16.7 Å². The van der Waals surface area contributed by atoms with Gasteiger partial charge in [0.05, 0.1) is 5.69 Å². The first-order valence-corrected chi connectivity index (χ1v) is 5.56. The summed E-state index contributed by atoms with van der Waals surface area (Å²) in [4.78, 5) is 4.28. The maximum Gasteiger partial charge on any atom is 0.152 e. The van der Waals surface area contributed by atoms with Crippen LogP contribution >= 0.6 is 23.2 Å². The Morgan fingerprint density at radius 3 is 2.69 bits per heavy atom. The molecule has 84 valence electrons. The fraction of sp³-hybridized carbons (Fsp3) is 0.182. The van der Waals surface area contributed by atoms with E-state index in [2.05, 4.69) is 4.98 Å². The second kappa shape index (κ2) is 4.45. The van der Waals surface area contributed by atoms with E-state index < -0.39 is 0 Å². The smallest absolute Gasteiger partial charge is 0.152 e. The molecule has 0 aliphatic rings. The molecular formula is C11H11Cl2N3. The van der Waals surface area contributed by atoms with Gasteiger partial charge in [0.25, 0.3) is 0 Å². The standard InChI is InChI=1S/C11H11Cl2N3/c1-16-9(6-14)10(13)15-11(16)7-3-2-4-8(12)5-7/h2-5H,6,14H2,1H3. The van der Waals surface area contributed by atoms with Crippen LogP contribution in [0.2, 0.25) is 10.2 Å². The van der Waals surface area contributed by atoms with Crippen LogP contribution in [0.4, 0.5) is 0 Å². The highest BCUT2D eigenvalue weighted by molar-refractivity contribution is 6.31. The van der Waals surface area contributed by atoms with Gasteiger partial charge in [-0.15, -0.1) is 0 Å². The molecule has 0 atom stereocenters. The van der Waals surface area contributed by atoms with Gasteiger partial charge < -0.3 is 10.3 Å². The predicted molar refractivity (Wildman–Crippen MR) is 66.6 cm³/mol. The summed E-state index contributed by atoms with van der Waals surface area (Å²) in [6, 6.07) is 7.48. The maximum absolute atomic E-state index is 6.00. The molecule has 0 saturated heterocycles. The molecule has 0 radical (unpaired) electrons. The van der Waals surface area contributed by atoms with E-state index in [9.17, 15) is 0 Å². The Kier molecular flexibility index (Phi) is 3.19. The summed E-state index contributed by atoms with van der Waals surface area (Å²) >= 11 is 11.9. The Labute approximate surface area is 104 Å². The SMILES string of the molecule is Cn1c(-c2cccc(Cl)c2)nc(Cl)c1CN. The van der Waals surface area contributed by atoms with Gasteiger partial charge in [-0.05, 0) is 12.1 Å². The van der Waals surface area contributed by atoms with Crippen LogP contribution in [0, 0.1) is 0 Å². The number of aromatic nitrogens is 2.